The van der Waals surface area contributed by atoms with Crippen molar-refractivity contribution in [1.29, 1.82) is 0 Å². The summed E-state index contributed by atoms with van der Waals surface area (Å²) in [6, 6.07) is 11.6. The van der Waals surface area contributed by atoms with Gasteiger partial charge in [-0.25, -0.2) is 4.39 Å². The van der Waals surface area contributed by atoms with Crippen LogP contribution in [0, 0.1) is 19.7 Å². The Labute approximate surface area is 124 Å². The van der Waals surface area contributed by atoms with Crippen molar-refractivity contribution in [3.05, 3.63) is 69.5 Å². The molecule has 0 radical (unpaired) electrons. The second kappa shape index (κ2) is 6.38. The van der Waals surface area contributed by atoms with Crippen LogP contribution in [-0.4, -0.2) is 7.05 Å². The van der Waals surface area contributed by atoms with Gasteiger partial charge < -0.3 is 5.32 Å². The van der Waals surface area contributed by atoms with Crippen molar-refractivity contribution in [2.24, 2.45) is 0 Å². The van der Waals surface area contributed by atoms with Gasteiger partial charge in [-0.1, -0.05) is 35.9 Å². The lowest BCUT2D eigenvalue weighted by Gasteiger charge is -2.18. The molecule has 1 N–H and O–H groups in total. The molecule has 20 heavy (non-hydrogen) atoms. The Balaban J connectivity index is 2.23. The maximum Gasteiger partial charge on any atom is 0.141 e. The van der Waals surface area contributed by atoms with Crippen LogP contribution in [0.15, 0.2) is 36.4 Å². The van der Waals surface area contributed by atoms with E-state index in [1.54, 1.807) is 12.1 Å². The fourth-order valence-electron chi connectivity index (χ4n) is 2.27. The SMILES string of the molecule is CNC(Cc1ccc(F)c(Cl)c1)c1ccc(C)c(C)c1. The van der Waals surface area contributed by atoms with Gasteiger partial charge in [-0.05, 0) is 61.7 Å². The maximum absolute atomic E-state index is 13.2. The number of benzene rings is 2. The summed E-state index contributed by atoms with van der Waals surface area (Å²) >= 11 is 5.84. The average molecular weight is 292 g/mol. The zero-order chi connectivity index (χ0) is 14.7. The first-order chi connectivity index (χ1) is 9.51. The van der Waals surface area contributed by atoms with Gasteiger partial charge >= 0.3 is 0 Å². The van der Waals surface area contributed by atoms with Gasteiger partial charge in [-0.3, -0.25) is 0 Å². The highest BCUT2D eigenvalue weighted by molar-refractivity contribution is 6.30. The van der Waals surface area contributed by atoms with Gasteiger partial charge in [0.1, 0.15) is 5.82 Å². The minimum Gasteiger partial charge on any atom is -0.313 e. The fourth-order valence-corrected chi connectivity index (χ4v) is 2.47. The smallest absolute Gasteiger partial charge is 0.141 e. The summed E-state index contributed by atoms with van der Waals surface area (Å²) in [7, 11) is 1.94. The predicted molar refractivity (Wildman–Crippen MR) is 82.8 cm³/mol. The van der Waals surface area contributed by atoms with Gasteiger partial charge in [0.05, 0.1) is 5.02 Å². The molecule has 0 aliphatic rings. The van der Waals surface area contributed by atoms with E-state index < -0.39 is 0 Å². The number of rotatable bonds is 4. The van der Waals surface area contributed by atoms with E-state index in [2.05, 4.69) is 37.4 Å². The standard InChI is InChI=1S/C17H19ClFN/c1-11-4-6-14(8-12(11)2)17(20-3)10-13-5-7-16(19)15(18)9-13/h4-9,17,20H,10H2,1-3H3. The number of hydrogen-bond donors (Lipinski definition) is 1. The Hall–Kier alpha value is -1.38. The molecular formula is C17H19ClFN. The first kappa shape index (κ1) is 15.0. The Kier molecular flexibility index (Phi) is 4.79. The molecule has 2 rings (SSSR count). The van der Waals surface area contributed by atoms with Crippen molar-refractivity contribution in [3.63, 3.8) is 0 Å². The molecule has 0 heterocycles. The Morgan fingerprint density at radius 3 is 2.45 bits per heavy atom. The molecule has 2 aromatic rings. The summed E-state index contributed by atoms with van der Waals surface area (Å²) in [5.41, 5.74) is 4.82. The topological polar surface area (TPSA) is 12.0 Å². The van der Waals surface area contributed by atoms with E-state index in [9.17, 15) is 4.39 Å². The Bertz CT molecular complexity index is 610. The lowest BCUT2D eigenvalue weighted by molar-refractivity contribution is 0.588. The molecule has 1 atom stereocenters. The van der Waals surface area contributed by atoms with Crippen molar-refractivity contribution >= 4 is 11.6 Å². The average Bonchev–Trinajstić information content (AvgIpc) is 2.43. The van der Waals surface area contributed by atoms with E-state index in [-0.39, 0.29) is 16.9 Å². The van der Waals surface area contributed by atoms with E-state index in [0.717, 1.165) is 12.0 Å². The molecule has 0 aliphatic heterocycles. The van der Waals surface area contributed by atoms with Crippen LogP contribution in [0.3, 0.4) is 0 Å². The molecular weight excluding hydrogens is 273 g/mol. The van der Waals surface area contributed by atoms with E-state index in [4.69, 9.17) is 11.6 Å². The summed E-state index contributed by atoms with van der Waals surface area (Å²) in [6.45, 7) is 4.22. The van der Waals surface area contributed by atoms with Crippen LogP contribution < -0.4 is 5.32 Å². The quantitative estimate of drug-likeness (QED) is 0.868. The second-order valence-electron chi connectivity index (χ2n) is 5.14. The van der Waals surface area contributed by atoms with Gasteiger partial charge in [0, 0.05) is 6.04 Å². The maximum atomic E-state index is 13.2. The van der Waals surface area contributed by atoms with E-state index in [0.29, 0.717) is 0 Å². The minimum absolute atomic E-state index is 0.178. The third kappa shape index (κ3) is 3.38. The van der Waals surface area contributed by atoms with Crippen LogP contribution in [0.5, 0.6) is 0 Å². The van der Waals surface area contributed by atoms with E-state index in [1.165, 1.54) is 22.8 Å². The summed E-state index contributed by atoms with van der Waals surface area (Å²) in [5.74, 6) is -0.373. The van der Waals surface area contributed by atoms with Crippen molar-refractivity contribution in [2.75, 3.05) is 7.05 Å². The van der Waals surface area contributed by atoms with Gasteiger partial charge in [-0.15, -0.1) is 0 Å². The molecule has 0 aliphatic carbocycles. The fraction of sp³-hybridized carbons (Fsp3) is 0.294. The first-order valence-electron chi connectivity index (χ1n) is 6.69. The van der Waals surface area contributed by atoms with Crippen LogP contribution in [0.1, 0.15) is 28.3 Å². The van der Waals surface area contributed by atoms with Crippen molar-refractivity contribution in [1.82, 2.24) is 5.32 Å². The van der Waals surface area contributed by atoms with Crippen LogP contribution >= 0.6 is 11.6 Å². The van der Waals surface area contributed by atoms with Gasteiger partial charge in [0.2, 0.25) is 0 Å². The van der Waals surface area contributed by atoms with Crippen molar-refractivity contribution in [2.45, 2.75) is 26.3 Å². The number of nitrogens with one attached hydrogen (secondary N) is 1. The first-order valence-corrected chi connectivity index (χ1v) is 7.07. The van der Waals surface area contributed by atoms with Crippen molar-refractivity contribution < 1.29 is 4.39 Å². The molecule has 0 amide bonds. The highest BCUT2D eigenvalue weighted by Gasteiger charge is 2.12. The lowest BCUT2D eigenvalue weighted by atomic mass is 9.96. The molecule has 0 saturated carbocycles. The normalized spacial score (nSPS) is 12.4. The molecule has 3 heteroatoms. The molecule has 0 spiro atoms. The molecule has 1 nitrogen and oxygen atoms in total. The van der Waals surface area contributed by atoms with Crippen LogP contribution in [0.25, 0.3) is 0 Å². The Morgan fingerprint density at radius 2 is 1.85 bits per heavy atom. The third-order valence-corrected chi connectivity index (χ3v) is 4.00. The highest BCUT2D eigenvalue weighted by atomic mass is 35.5. The summed E-state index contributed by atoms with van der Waals surface area (Å²) < 4.78 is 13.2. The summed E-state index contributed by atoms with van der Waals surface area (Å²) in [5, 5.41) is 3.49. The largest absolute Gasteiger partial charge is 0.313 e. The number of likely N-dealkylation sites (N-methyl/N-ethyl adjacent to an activating group) is 1. The summed E-state index contributed by atoms with van der Waals surface area (Å²) in [4.78, 5) is 0. The van der Waals surface area contributed by atoms with E-state index >= 15 is 0 Å². The zero-order valence-electron chi connectivity index (χ0n) is 12.0. The molecule has 1 unspecified atom stereocenters. The predicted octanol–water partition coefficient (Wildman–Crippen LogP) is 4.60. The molecule has 2 aromatic carbocycles. The summed E-state index contributed by atoms with van der Waals surface area (Å²) in [6.07, 6.45) is 0.777. The van der Waals surface area contributed by atoms with Crippen molar-refractivity contribution in [3.8, 4) is 0 Å². The van der Waals surface area contributed by atoms with Gasteiger partial charge in [-0.2, -0.15) is 0 Å². The Morgan fingerprint density at radius 1 is 1.10 bits per heavy atom. The monoisotopic (exact) mass is 291 g/mol. The zero-order valence-corrected chi connectivity index (χ0v) is 12.8. The van der Waals surface area contributed by atoms with Crippen LogP contribution in [0.4, 0.5) is 4.39 Å². The lowest BCUT2D eigenvalue weighted by Crippen LogP contribution is -2.19. The highest BCUT2D eigenvalue weighted by Crippen LogP contribution is 2.23. The minimum atomic E-state index is -0.373. The van der Waals surface area contributed by atoms with E-state index in [1.807, 2.05) is 7.05 Å². The van der Waals surface area contributed by atoms with Crippen LogP contribution in [-0.2, 0) is 6.42 Å². The molecule has 0 saturated heterocycles. The van der Waals surface area contributed by atoms with Crippen LogP contribution in [0.2, 0.25) is 5.02 Å². The number of aryl methyl sites for hydroxylation is 2. The number of hydrogen-bond acceptors (Lipinski definition) is 1. The van der Waals surface area contributed by atoms with Gasteiger partial charge in [0.25, 0.3) is 0 Å². The third-order valence-electron chi connectivity index (χ3n) is 3.71. The molecule has 106 valence electrons. The molecule has 0 aromatic heterocycles. The second-order valence-corrected chi connectivity index (χ2v) is 5.54. The van der Waals surface area contributed by atoms with Gasteiger partial charge in [0.15, 0.2) is 0 Å². The number of halogens is 2. The molecule has 0 bridgehead atoms. The molecule has 0 fully saturated rings.